The Morgan fingerprint density at radius 1 is 1.50 bits per heavy atom. The van der Waals surface area contributed by atoms with Crippen molar-refractivity contribution in [3.63, 3.8) is 0 Å². The van der Waals surface area contributed by atoms with Gasteiger partial charge in [-0.15, -0.1) is 0 Å². The molecule has 1 unspecified atom stereocenters. The van der Waals surface area contributed by atoms with E-state index in [-0.39, 0.29) is 17.4 Å². The lowest BCUT2D eigenvalue weighted by molar-refractivity contribution is -0.0429. The first-order valence-electron chi connectivity index (χ1n) is 6.06. The summed E-state index contributed by atoms with van der Waals surface area (Å²) in [4.78, 5) is 0. The first kappa shape index (κ1) is 13.5. The fourth-order valence-corrected chi connectivity index (χ4v) is 1.62. The van der Waals surface area contributed by atoms with Crippen LogP contribution in [0.25, 0.3) is 0 Å². The van der Waals surface area contributed by atoms with Crippen LogP contribution in [0, 0.1) is 10.8 Å². The second-order valence-electron chi connectivity index (χ2n) is 5.11. The van der Waals surface area contributed by atoms with Crippen LogP contribution in [0.3, 0.4) is 0 Å². The summed E-state index contributed by atoms with van der Waals surface area (Å²) in [6.45, 7) is 6.12. The number of nitrogens with two attached hydrogens (primary N) is 1. The molecule has 0 amide bonds. The highest BCUT2D eigenvalue weighted by molar-refractivity contribution is 5.82. The SMILES string of the molecule is CC(C)(CCOCC1CCCCO1)C(=N)N. The van der Waals surface area contributed by atoms with Gasteiger partial charge in [-0.1, -0.05) is 13.8 Å². The van der Waals surface area contributed by atoms with Gasteiger partial charge in [-0.05, 0) is 25.7 Å². The monoisotopic (exact) mass is 228 g/mol. The van der Waals surface area contributed by atoms with Crippen LogP contribution in [0.5, 0.6) is 0 Å². The van der Waals surface area contributed by atoms with Gasteiger partial charge in [-0.3, -0.25) is 5.41 Å². The largest absolute Gasteiger partial charge is 0.387 e. The van der Waals surface area contributed by atoms with E-state index in [9.17, 15) is 0 Å². The van der Waals surface area contributed by atoms with Crippen LogP contribution in [-0.2, 0) is 9.47 Å². The summed E-state index contributed by atoms with van der Waals surface area (Å²) in [5, 5.41) is 7.43. The highest BCUT2D eigenvalue weighted by Crippen LogP contribution is 2.20. The van der Waals surface area contributed by atoms with Crippen LogP contribution < -0.4 is 5.73 Å². The van der Waals surface area contributed by atoms with Crippen LogP contribution in [0.4, 0.5) is 0 Å². The number of nitrogens with one attached hydrogen (secondary N) is 1. The van der Waals surface area contributed by atoms with Crippen molar-refractivity contribution in [1.82, 2.24) is 0 Å². The fourth-order valence-electron chi connectivity index (χ4n) is 1.62. The van der Waals surface area contributed by atoms with Gasteiger partial charge in [0.25, 0.3) is 0 Å². The molecule has 94 valence electrons. The highest BCUT2D eigenvalue weighted by atomic mass is 16.5. The van der Waals surface area contributed by atoms with E-state index in [1.807, 2.05) is 13.8 Å². The van der Waals surface area contributed by atoms with Gasteiger partial charge in [-0.2, -0.15) is 0 Å². The van der Waals surface area contributed by atoms with Gasteiger partial charge in [0, 0.05) is 18.6 Å². The molecule has 0 spiro atoms. The van der Waals surface area contributed by atoms with Crippen LogP contribution in [-0.4, -0.2) is 31.8 Å². The van der Waals surface area contributed by atoms with Crippen molar-refractivity contribution in [3.8, 4) is 0 Å². The lowest BCUT2D eigenvalue weighted by Gasteiger charge is -2.25. The maximum absolute atomic E-state index is 7.43. The number of amidine groups is 1. The van der Waals surface area contributed by atoms with E-state index in [4.69, 9.17) is 20.6 Å². The Bertz CT molecular complexity index is 223. The molecular formula is C12H24N2O2. The Morgan fingerprint density at radius 3 is 2.81 bits per heavy atom. The predicted molar refractivity (Wildman–Crippen MR) is 64.7 cm³/mol. The molecule has 0 aromatic carbocycles. The molecule has 1 rings (SSSR count). The molecule has 16 heavy (non-hydrogen) atoms. The van der Waals surface area contributed by atoms with Gasteiger partial charge in [0.2, 0.25) is 0 Å². The molecule has 0 bridgehead atoms. The Kier molecular flexibility index (Phi) is 5.22. The van der Waals surface area contributed by atoms with Crippen LogP contribution >= 0.6 is 0 Å². The summed E-state index contributed by atoms with van der Waals surface area (Å²) in [5.41, 5.74) is 5.24. The minimum atomic E-state index is -0.257. The number of hydrogen-bond acceptors (Lipinski definition) is 3. The number of ether oxygens (including phenoxy) is 2. The Morgan fingerprint density at radius 2 is 2.25 bits per heavy atom. The average Bonchev–Trinajstić information content (AvgIpc) is 2.26. The van der Waals surface area contributed by atoms with E-state index in [2.05, 4.69) is 0 Å². The van der Waals surface area contributed by atoms with E-state index >= 15 is 0 Å². The molecule has 0 radical (unpaired) electrons. The maximum Gasteiger partial charge on any atom is 0.0963 e. The summed E-state index contributed by atoms with van der Waals surface area (Å²) in [6.07, 6.45) is 4.58. The second kappa shape index (κ2) is 6.21. The zero-order valence-corrected chi connectivity index (χ0v) is 10.4. The van der Waals surface area contributed by atoms with Crippen molar-refractivity contribution >= 4 is 5.84 Å². The summed E-state index contributed by atoms with van der Waals surface area (Å²) < 4.78 is 11.1. The molecule has 0 saturated carbocycles. The molecule has 1 fully saturated rings. The van der Waals surface area contributed by atoms with Crippen molar-refractivity contribution in [2.75, 3.05) is 19.8 Å². The standard InChI is InChI=1S/C12H24N2O2/c1-12(2,11(13)14)6-8-15-9-10-5-3-4-7-16-10/h10H,3-9H2,1-2H3,(H3,13,14). The van der Waals surface area contributed by atoms with Crippen molar-refractivity contribution in [1.29, 1.82) is 5.41 Å². The summed E-state index contributed by atoms with van der Waals surface area (Å²) in [7, 11) is 0. The van der Waals surface area contributed by atoms with E-state index < -0.39 is 0 Å². The Hall–Kier alpha value is -0.610. The third-order valence-corrected chi connectivity index (χ3v) is 3.18. The molecule has 0 aliphatic carbocycles. The van der Waals surface area contributed by atoms with Gasteiger partial charge in [0.1, 0.15) is 0 Å². The van der Waals surface area contributed by atoms with E-state index in [1.54, 1.807) is 0 Å². The molecule has 0 aromatic heterocycles. The molecule has 1 aliphatic rings. The van der Waals surface area contributed by atoms with Crippen LogP contribution in [0.2, 0.25) is 0 Å². The normalized spacial score (nSPS) is 22.0. The van der Waals surface area contributed by atoms with E-state index in [0.29, 0.717) is 13.2 Å². The lowest BCUT2D eigenvalue weighted by Crippen LogP contribution is -2.32. The molecule has 4 nitrogen and oxygen atoms in total. The summed E-state index contributed by atoms with van der Waals surface area (Å²) in [6, 6.07) is 0. The van der Waals surface area contributed by atoms with Crippen LogP contribution in [0.15, 0.2) is 0 Å². The zero-order valence-electron chi connectivity index (χ0n) is 10.4. The fraction of sp³-hybridized carbons (Fsp3) is 0.917. The highest BCUT2D eigenvalue weighted by Gasteiger charge is 2.21. The van der Waals surface area contributed by atoms with Gasteiger partial charge in [0.15, 0.2) is 0 Å². The quantitative estimate of drug-likeness (QED) is 0.414. The Balaban J connectivity index is 2.09. The van der Waals surface area contributed by atoms with Crippen molar-refractivity contribution < 1.29 is 9.47 Å². The number of rotatable bonds is 6. The topological polar surface area (TPSA) is 68.3 Å². The van der Waals surface area contributed by atoms with Crippen LogP contribution in [0.1, 0.15) is 39.5 Å². The molecule has 1 heterocycles. The molecule has 1 aliphatic heterocycles. The molecule has 1 atom stereocenters. The minimum absolute atomic E-state index is 0.227. The lowest BCUT2D eigenvalue weighted by atomic mass is 9.88. The first-order valence-corrected chi connectivity index (χ1v) is 6.06. The smallest absolute Gasteiger partial charge is 0.0963 e. The molecular weight excluding hydrogens is 204 g/mol. The van der Waals surface area contributed by atoms with Gasteiger partial charge < -0.3 is 15.2 Å². The molecule has 0 aromatic rings. The van der Waals surface area contributed by atoms with Gasteiger partial charge >= 0.3 is 0 Å². The summed E-state index contributed by atoms with van der Waals surface area (Å²) in [5.74, 6) is 0.227. The number of hydrogen-bond donors (Lipinski definition) is 2. The third kappa shape index (κ3) is 4.49. The minimum Gasteiger partial charge on any atom is -0.387 e. The predicted octanol–water partition coefficient (Wildman–Crippen LogP) is 1.92. The summed E-state index contributed by atoms with van der Waals surface area (Å²) >= 11 is 0. The zero-order chi connectivity index (χ0) is 12.0. The Labute approximate surface area is 98.0 Å². The molecule has 1 saturated heterocycles. The van der Waals surface area contributed by atoms with E-state index in [1.165, 1.54) is 12.8 Å². The van der Waals surface area contributed by atoms with E-state index in [0.717, 1.165) is 19.4 Å². The maximum atomic E-state index is 7.43. The first-order chi connectivity index (χ1) is 7.52. The van der Waals surface area contributed by atoms with Gasteiger partial charge in [0.05, 0.1) is 18.5 Å². The van der Waals surface area contributed by atoms with Crippen molar-refractivity contribution in [2.45, 2.75) is 45.6 Å². The second-order valence-corrected chi connectivity index (χ2v) is 5.11. The molecule has 4 heteroatoms. The van der Waals surface area contributed by atoms with Crippen molar-refractivity contribution in [3.05, 3.63) is 0 Å². The third-order valence-electron chi connectivity index (χ3n) is 3.18. The van der Waals surface area contributed by atoms with Crippen molar-refractivity contribution in [2.24, 2.45) is 11.1 Å². The average molecular weight is 228 g/mol. The van der Waals surface area contributed by atoms with Gasteiger partial charge in [-0.25, -0.2) is 0 Å². The molecule has 3 N–H and O–H groups in total.